The van der Waals surface area contributed by atoms with Gasteiger partial charge in [-0.05, 0) is 61.9 Å². The molecule has 31 heavy (non-hydrogen) atoms. The van der Waals surface area contributed by atoms with Crippen molar-refractivity contribution in [2.75, 3.05) is 38.9 Å². The van der Waals surface area contributed by atoms with E-state index in [1.165, 1.54) is 12.8 Å². The largest absolute Gasteiger partial charge is 0.497 e. The molecule has 0 atom stereocenters. The average Bonchev–Trinajstić information content (AvgIpc) is 3.55. The molecule has 0 unspecified atom stereocenters. The number of benzene rings is 1. The molecule has 0 bridgehead atoms. The number of hydrogen-bond donors (Lipinski definition) is 0. The molecule has 1 aliphatic heterocycles. The van der Waals surface area contributed by atoms with Gasteiger partial charge in [0, 0.05) is 31.4 Å². The van der Waals surface area contributed by atoms with Gasteiger partial charge in [-0.3, -0.25) is 0 Å². The Morgan fingerprint density at radius 3 is 2.58 bits per heavy atom. The molecule has 0 radical (unpaired) electrons. The van der Waals surface area contributed by atoms with E-state index in [-0.39, 0.29) is 0 Å². The van der Waals surface area contributed by atoms with Gasteiger partial charge in [-0.25, -0.2) is 4.52 Å². The highest BCUT2D eigenvalue weighted by Crippen LogP contribution is 2.41. The zero-order chi connectivity index (χ0) is 21.4. The molecule has 0 N–H and O–H groups in total. The number of halogens is 1. The molecule has 0 spiro atoms. The van der Waals surface area contributed by atoms with Gasteiger partial charge in [0.05, 0.1) is 30.5 Å². The van der Waals surface area contributed by atoms with Gasteiger partial charge >= 0.3 is 0 Å². The normalized spacial score (nSPS) is 17.1. The van der Waals surface area contributed by atoms with Gasteiger partial charge in [0.25, 0.3) is 5.88 Å². The van der Waals surface area contributed by atoms with E-state index in [0.29, 0.717) is 16.9 Å². The Kier molecular flexibility index (Phi) is 5.67. The summed E-state index contributed by atoms with van der Waals surface area (Å²) < 4.78 is 18.7. The first-order chi connectivity index (χ1) is 15.2. The molecule has 3 aromatic rings. The smallest absolute Gasteiger partial charge is 0.257 e. The second-order valence-corrected chi connectivity index (χ2v) is 8.76. The zero-order valence-electron chi connectivity index (χ0n) is 18.0. The van der Waals surface area contributed by atoms with Crippen LogP contribution in [0.25, 0.3) is 16.8 Å². The predicted octanol–water partition coefficient (Wildman–Crippen LogP) is 5.07. The van der Waals surface area contributed by atoms with Crippen molar-refractivity contribution in [2.24, 2.45) is 5.92 Å². The molecular weight excluding hydrogens is 414 g/mol. The highest BCUT2D eigenvalue weighted by atomic mass is 35.5. The lowest BCUT2D eigenvalue weighted by molar-refractivity contribution is 0.0841. The van der Waals surface area contributed by atoms with Crippen molar-refractivity contribution in [3.05, 3.63) is 41.4 Å². The molecule has 164 valence electrons. The van der Waals surface area contributed by atoms with Crippen LogP contribution in [0, 0.1) is 5.92 Å². The standard InChI is InChI=1S/C24H28ClN3O3/c1-29-18-8-9-19(20(25)14-18)21-4-3-5-22-23(24(30-2)26-28(21)22)27(15-16-6-7-16)17-10-12-31-13-11-17/h3-5,8-9,14,16-17H,6-7,10-13,15H2,1-2H3. The van der Waals surface area contributed by atoms with E-state index in [0.717, 1.165) is 66.7 Å². The van der Waals surface area contributed by atoms with Crippen LogP contribution < -0.4 is 14.4 Å². The number of pyridine rings is 1. The summed E-state index contributed by atoms with van der Waals surface area (Å²) in [7, 11) is 3.34. The molecule has 1 aromatic carbocycles. The van der Waals surface area contributed by atoms with E-state index < -0.39 is 0 Å². The number of methoxy groups -OCH3 is 2. The van der Waals surface area contributed by atoms with Crippen LogP contribution in [0.1, 0.15) is 25.7 Å². The quantitative estimate of drug-likeness (QED) is 0.512. The molecule has 2 aromatic heterocycles. The number of nitrogens with zero attached hydrogens (tertiary/aromatic N) is 3. The van der Waals surface area contributed by atoms with E-state index >= 15 is 0 Å². The summed E-state index contributed by atoms with van der Waals surface area (Å²) in [6.07, 6.45) is 4.65. The first-order valence-electron chi connectivity index (χ1n) is 10.9. The average molecular weight is 442 g/mol. The maximum atomic E-state index is 6.61. The van der Waals surface area contributed by atoms with Crippen molar-refractivity contribution in [3.8, 4) is 22.9 Å². The minimum absolute atomic E-state index is 0.435. The molecular formula is C24H28ClN3O3. The summed E-state index contributed by atoms with van der Waals surface area (Å²) in [6, 6.07) is 12.4. The van der Waals surface area contributed by atoms with E-state index in [4.69, 9.17) is 30.9 Å². The highest BCUT2D eigenvalue weighted by molar-refractivity contribution is 6.33. The van der Waals surface area contributed by atoms with E-state index in [2.05, 4.69) is 17.0 Å². The van der Waals surface area contributed by atoms with Crippen LogP contribution >= 0.6 is 11.6 Å². The summed E-state index contributed by atoms with van der Waals surface area (Å²) in [4.78, 5) is 2.53. The first-order valence-corrected chi connectivity index (χ1v) is 11.3. The molecule has 5 rings (SSSR count). The van der Waals surface area contributed by atoms with Gasteiger partial charge in [0.1, 0.15) is 11.4 Å². The SMILES string of the molecule is COc1ccc(-c2cccc3c(N(CC4CC4)C4CCOCC4)c(OC)nn23)c(Cl)c1. The van der Waals surface area contributed by atoms with E-state index in [1.54, 1.807) is 14.2 Å². The topological polar surface area (TPSA) is 48.2 Å². The van der Waals surface area contributed by atoms with Crippen molar-refractivity contribution in [2.45, 2.75) is 31.7 Å². The molecule has 7 heteroatoms. The van der Waals surface area contributed by atoms with Crippen molar-refractivity contribution >= 4 is 22.8 Å². The maximum Gasteiger partial charge on any atom is 0.257 e. The number of ether oxygens (including phenoxy) is 3. The van der Waals surface area contributed by atoms with Crippen LogP contribution in [0.5, 0.6) is 11.6 Å². The minimum Gasteiger partial charge on any atom is -0.497 e. The van der Waals surface area contributed by atoms with Crippen LogP contribution in [0.4, 0.5) is 5.69 Å². The molecule has 1 aliphatic carbocycles. The Hall–Kier alpha value is -2.44. The first kappa shape index (κ1) is 20.5. The summed E-state index contributed by atoms with van der Waals surface area (Å²) in [5.74, 6) is 2.14. The summed E-state index contributed by atoms with van der Waals surface area (Å²) in [5, 5.41) is 5.49. The Bertz CT molecular complexity index is 1070. The van der Waals surface area contributed by atoms with Crippen LogP contribution in [0.2, 0.25) is 5.02 Å². The monoisotopic (exact) mass is 441 g/mol. The second-order valence-electron chi connectivity index (χ2n) is 8.35. The number of aromatic nitrogens is 2. The molecule has 0 amide bonds. The fraction of sp³-hybridized carbons (Fsp3) is 0.458. The van der Waals surface area contributed by atoms with E-state index in [1.807, 2.05) is 28.8 Å². The van der Waals surface area contributed by atoms with Crippen LogP contribution in [-0.4, -0.2) is 49.6 Å². The van der Waals surface area contributed by atoms with Crippen molar-refractivity contribution in [3.63, 3.8) is 0 Å². The van der Waals surface area contributed by atoms with Gasteiger partial charge in [0.15, 0.2) is 0 Å². The predicted molar refractivity (Wildman–Crippen MR) is 123 cm³/mol. The lowest BCUT2D eigenvalue weighted by Crippen LogP contribution is -2.41. The summed E-state index contributed by atoms with van der Waals surface area (Å²) in [5.41, 5.74) is 3.94. The molecule has 2 aliphatic rings. The highest BCUT2D eigenvalue weighted by Gasteiger charge is 2.33. The third-order valence-electron chi connectivity index (χ3n) is 6.32. The number of anilines is 1. The van der Waals surface area contributed by atoms with Gasteiger partial charge in [-0.2, -0.15) is 0 Å². The van der Waals surface area contributed by atoms with Gasteiger partial charge in [-0.15, -0.1) is 5.10 Å². The summed E-state index contributed by atoms with van der Waals surface area (Å²) in [6.45, 7) is 2.65. The molecule has 2 fully saturated rings. The van der Waals surface area contributed by atoms with E-state index in [9.17, 15) is 0 Å². The van der Waals surface area contributed by atoms with Crippen LogP contribution in [0.3, 0.4) is 0 Å². The van der Waals surface area contributed by atoms with Gasteiger partial charge in [0.2, 0.25) is 0 Å². The van der Waals surface area contributed by atoms with Crippen molar-refractivity contribution < 1.29 is 14.2 Å². The third kappa shape index (κ3) is 3.94. The van der Waals surface area contributed by atoms with Crippen molar-refractivity contribution in [1.29, 1.82) is 0 Å². The summed E-state index contributed by atoms with van der Waals surface area (Å²) >= 11 is 6.61. The Morgan fingerprint density at radius 2 is 1.90 bits per heavy atom. The lowest BCUT2D eigenvalue weighted by Gasteiger charge is -2.36. The van der Waals surface area contributed by atoms with Gasteiger partial charge in [-0.1, -0.05) is 17.7 Å². The van der Waals surface area contributed by atoms with Crippen LogP contribution in [-0.2, 0) is 4.74 Å². The maximum absolute atomic E-state index is 6.61. The van der Waals surface area contributed by atoms with Gasteiger partial charge < -0.3 is 19.1 Å². The number of rotatable bonds is 7. The molecule has 1 saturated heterocycles. The Labute approximate surface area is 187 Å². The number of fused-ring (bicyclic) bond motifs is 1. The molecule has 3 heterocycles. The van der Waals surface area contributed by atoms with Crippen molar-refractivity contribution in [1.82, 2.24) is 9.61 Å². The second kappa shape index (κ2) is 8.60. The minimum atomic E-state index is 0.435. The van der Waals surface area contributed by atoms with Crippen LogP contribution in [0.15, 0.2) is 36.4 Å². The molecule has 1 saturated carbocycles. The lowest BCUT2D eigenvalue weighted by atomic mass is 10.1. The number of hydrogen-bond acceptors (Lipinski definition) is 5. The zero-order valence-corrected chi connectivity index (χ0v) is 18.8. The third-order valence-corrected chi connectivity index (χ3v) is 6.63. The Morgan fingerprint density at radius 1 is 1.10 bits per heavy atom. The molecule has 6 nitrogen and oxygen atoms in total. The fourth-order valence-electron chi connectivity index (χ4n) is 4.48. The fourth-order valence-corrected chi connectivity index (χ4v) is 4.74. The Balaban J connectivity index is 1.64.